The Balaban J connectivity index is 4.17. The summed E-state index contributed by atoms with van der Waals surface area (Å²) in [7, 11) is 1.61. The molecule has 0 aliphatic carbocycles. The lowest BCUT2D eigenvalue weighted by atomic mass is 10.0. The zero-order chi connectivity index (χ0) is 45.7. The Morgan fingerprint density at radius 3 is 1.35 bits per heavy atom. The van der Waals surface area contributed by atoms with Crippen molar-refractivity contribution in [3.63, 3.8) is 0 Å². The lowest BCUT2D eigenvalue weighted by molar-refractivity contribution is -0.870. The molecule has 368 valence electrons. The second-order valence-corrected chi connectivity index (χ2v) is 21.1. The molecule has 62 heavy (non-hydrogen) atoms. The van der Waals surface area contributed by atoms with E-state index in [1.807, 2.05) is 21.1 Å². The van der Waals surface area contributed by atoms with Gasteiger partial charge in [0.1, 0.15) is 13.2 Å². The molecule has 0 fully saturated rings. The van der Waals surface area contributed by atoms with Crippen molar-refractivity contribution in [2.45, 2.75) is 270 Å². The highest BCUT2D eigenvalue weighted by Crippen LogP contribution is 2.43. The van der Waals surface area contributed by atoms with Gasteiger partial charge in [-0.3, -0.25) is 13.8 Å². The van der Waals surface area contributed by atoms with E-state index in [1.54, 1.807) is 0 Å². The Kier molecular flexibility index (Phi) is 44.4. The van der Waals surface area contributed by atoms with Crippen molar-refractivity contribution in [2.24, 2.45) is 0 Å². The number of amides is 1. The van der Waals surface area contributed by atoms with Crippen molar-refractivity contribution in [2.75, 3.05) is 40.9 Å². The number of hydrogen-bond acceptors (Lipinski definition) is 5. The summed E-state index contributed by atoms with van der Waals surface area (Å²) >= 11 is 0. The van der Waals surface area contributed by atoms with Gasteiger partial charge < -0.3 is 19.8 Å². The number of rotatable bonds is 49. The molecule has 0 aliphatic heterocycles. The first-order valence-electron chi connectivity index (χ1n) is 26.7. The number of unbranched alkanes of at least 4 members (excludes halogenated alkanes) is 32. The van der Waals surface area contributed by atoms with E-state index in [0.29, 0.717) is 23.9 Å². The van der Waals surface area contributed by atoms with Crippen LogP contribution in [-0.2, 0) is 18.4 Å². The standard InChI is InChI=1S/C53H105N2O6P/c1-6-8-10-12-14-16-18-20-22-23-24-25-26-27-28-29-30-31-33-34-36-38-40-42-44-46-52(56)51(50-61-62(58,59)60-49-48-55(3,4)5)54-53(57)47-45-43-41-39-37-35-32-21-19-17-15-13-11-9-7-2/h15,17,21,32,51-52,56H,6-14,16,18-20,22-31,33-50H2,1-5H3,(H-,54,57,58,59)/p+1/b17-15-,32-21-. The number of hydrogen-bond donors (Lipinski definition) is 3. The second-order valence-electron chi connectivity index (χ2n) is 19.6. The zero-order valence-corrected chi connectivity index (χ0v) is 42.8. The quantitative estimate of drug-likeness (QED) is 0.0243. The Labute approximate surface area is 385 Å². The Hall–Kier alpha value is -1.02. The number of nitrogens with one attached hydrogen (secondary N) is 1. The third kappa shape index (κ3) is 47.0. The largest absolute Gasteiger partial charge is 0.472 e. The molecule has 0 bridgehead atoms. The van der Waals surface area contributed by atoms with E-state index in [0.717, 1.165) is 64.2 Å². The average molecular weight is 898 g/mol. The third-order valence-corrected chi connectivity index (χ3v) is 13.2. The van der Waals surface area contributed by atoms with Gasteiger partial charge in [-0.1, -0.05) is 231 Å². The molecule has 3 unspecified atom stereocenters. The van der Waals surface area contributed by atoms with Crippen LogP contribution >= 0.6 is 7.82 Å². The molecule has 0 aliphatic rings. The molecule has 0 saturated heterocycles. The smallest absolute Gasteiger partial charge is 0.391 e. The molecular weight excluding hydrogens is 792 g/mol. The number of carbonyl (C=O) groups excluding carboxylic acids is 1. The van der Waals surface area contributed by atoms with Gasteiger partial charge in [0, 0.05) is 6.42 Å². The predicted octanol–water partition coefficient (Wildman–Crippen LogP) is 15.6. The van der Waals surface area contributed by atoms with Crippen LogP contribution < -0.4 is 5.32 Å². The van der Waals surface area contributed by atoms with Crippen molar-refractivity contribution in [3.8, 4) is 0 Å². The van der Waals surface area contributed by atoms with Crippen molar-refractivity contribution >= 4 is 13.7 Å². The molecule has 3 atom stereocenters. The number of carbonyl (C=O) groups is 1. The first-order chi connectivity index (χ1) is 30.0. The third-order valence-electron chi connectivity index (χ3n) is 12.2. The number of phosphoric acid groups is 1. The number of aliphatic hydroxyl groups is 1. The summed E-state index contributed by atoms with van der Waals surface area (Å²) < 4.78 is 23.7. The fourth-order valence-corrected chi connectivity index (χ4v) is 8.70. The number of phosphoric ester groups is 1. The van der Waals surface area contributed by atoms with Gasteiger partial charge in [-0.15, -0.1) is 0 Å². The van der Waals surface area contributed by atoms with Gasteiger partial charge in [-0.05, 0) is 44.9 Å². The maximum absolute atomic E-state index is 12.9. The number of allylic oxidation sites excluding steroid dienone is 4. The van der Waals surface area contributed by atoms with Gasteiger partial charge in [-0.25, -0.2) is 4.57 Å². The van der Waals surface area contributed by atoms with E-state index in [9.17, 15) is 19.4 Å². The minimum absolute atomic E-state index is 0.0727. The van der Waals surface area contributed by atoms with Crippen LogP contribution in [0.1, 0.15) is 258 Å². The molecule has 8 nitrogen and oxygen atoms in total. The summed E-state index contributed by atoms with van der Waals surface area (Å²) in [5, 5.41) is 14.0. The summed E-state index contributed by atoms with van der Waals surface area (Å²) in [4.78, 5) is 23.2. The van der Waals surface area contributed by atoms with Crippen LogP contribution in [0, 0.1) is 0 Å². The summed E-state index contributed by atoms with van der Waals surface area (Å²) in [5.74, 6) is -0.156. The topological polar surface area (TPSA) is 105 Å². The number of aliphatic hydroxyl groups excluding tert-OH is 1. The molecule has 0 aromatic carbocycles. The highest BCUT2D eigenvalue weighted by atomic mass is 31.2. The Morgan fingerprint density at radius 2 is 0.919 bits per heavy atom. The van der Waals surface area contributed by atoms with Crippen molar-refractivity contribution in [1.82, 2.24) is 5.32 Å². The minimum atomic E-state index is -4.32. The summed E-state index contributed by atoms with van der Waals surface area (Å²) in [6.45, 7) is 4.88. The van der Waals surface area contributed by atoms with Gasteiger partial charge in [0.15, 0.2) is 0 Å². The molecule has 0 radical (unpaired) electrons. The maximum Gasteiger partial charge on any atom is 0.472 e. The van der Waals surface area contributed by atoms with Crippen LogP contribution in [0.4, 0.5) is 0 Å². The monoisotopic (exact) mass is 898 g/mol. The van der Waals surface area contributed by atoms with Crippen molar-refractivity contribution < 1.29 is 32.9 Å². The molecule has 0 aromatic heterocycles. The molecule has 9 heteroatoms. The summed E-state index contributed by atoms with van der Waals surface area (Å²) in [6.07, 6.45) is 55.1. The van der Waals surface area contributed by atoms with E-state index in [1.165, 1.54) is 167 Å². The fourth-order valence-electron chi connectivity index (χ4n) is 7.96. The van der Waals surface area contributed by atoms with Crippen LogP contribution in [0.25, 0.3) is 0 Å². The van der Waals surface area contributed by atoms with E-state index in [-0.39, 0.29) is 19.1 Å². The number of likely N-dealkylation sites (N-methyl/N-ethyl adjacent to an activating group) is 1. The minimum Gasteiger partial charge on any atom is -0.391 e. The van der Waals surface area contributed by atoms with E-state index >= 15 is 0 Å². The van der Waals surface area contributed by atoms with E-state index in [4.69, 9.17) is 9.05 Å². The lowest BCUT2D eigenvalue weighted by Gasteiger charge is -2.26. The summed E-state index contributed by atoms with van der Waals surface area (Å²) in [6, 6.07) is -0.766. The van der Waals surface area contributed by atoms with Gasteiger partial charge in [0.25, 0.3) is 0 Å². The van der Waals surface area contributed by atoms with Crippen molar-refractivity contribution in [3.05, 3.63) is 24.3 Å². The van der Waals surface area contributed by atoms with E-state index < -0.39 is 20.0 Å². The predicted molar refractivity (Wildman–Crippen MR) is 268 cm³/mol. The molecule has 0 heterocycles. The molecule has 0 rings (SSSR count). The Morgan fingerprint density at radius 1 is 0.548 bits per heavy atom. The van der Waals surface area contributed by atoms with Crippen LogP contribution in [0.5, 0.6) is 0 Å². The Bertz CT molecular complexity index is 1060. The van der Waals surface area contributed by atoms with E-state index in [2.05, 4.69) is 43.5 Å². The number of quaternary nitrogens is 1. The highest BCUT2D eigenvalue weighted by molar-refractivity contribution is 7.47. The molecule has 3 N–H and O–H groups in total. The molecule has 1 amide bonds. The first-order valence-corrected chi connectivity index (χ1v) is 28.2. The zero-order valence-electron chi connectivity index (χ0n) is 41.9. The number of nitrogens with zero attached hydrogens (tertiary/aromatic N) is 1. The maximum atomic E-state index is 12.9. The second kappa shape index (κ2) is 45.1. The molecule has 0 aromatic rings. The SMILES string of the molecule is CCCCC/C=C\C/C=C\CCCCCCCC(=O)NC(COP(=O)(O)OCC[N+](C)(C)C)C(O)CCCCCCCCCCCCCCCCCCCCCCCCCCC. The van der Waals surface area contributed by atoms with Crippen LogP contribution in [0.2, 0.25) is 0 Å². The van der Waals surface area contributed by atoms with Crippen LogP contribution in [-0.4, -0.2) is 73.4 Å². The van der Waals surface area contributed by atoms with Gasteiger partial charge >= 0.3 is 7.82 Å². The lowest BCUT2D eigenvalue weighted by Crippen LogP contribution is -2.46. The van der Waals surface area contributed by atoms with Gasteiger partial charge in [0.05, 0.1) is 39.9 Å². The van der Waals surface area contributed by atoms with Crippen molar-refractivity contribution in [1.29, 1.82) is 0 Å². The van der Waals surface area contributed by atoms with Gasteiger partial charge in [0.2, 0.25) is 5.91 Å². The van der Waals surface area contributed by atoms with Crippen LogP contribution in [0.15, 0.2) is 24.3 Å². The highest BCUT2D eigenvalue weighted by Gasteiger charge is 2.28. The first kappa shape index (κ1) is 61.0. The molecule has 0 spiro atoms. The summed E-state index contributed by atoms with van der Waals surface area (Å²) in [5.41, 5.74) is 0. The molecule has 0 saturated carbocycles. The van der Waals surface area contributed by atoms with Gasteiger partial charge in [-0.2, -0.15) is 0 Å². The van der Waals surface area contributed by atoms with Crippen LogP contribution in [0.3, 0.4) is 0 Å². The average Bonchev–Trinajstić information content (AvgIpc) is 3.23. The molecular formula is C53H106N2O6P+. The fraction of sp³-hybridized carbons (Fsp3) is 0.906. The normalized spacial score (nSPS) is 14.2.